The molecule has 0 amide bonds. The molecule has 0 radical (unpaired) electrons. The molecule has 0 saturated heterocycles. The van der Waals surface area contributed by atoms with Crippen LogP contribution in [-0.4, -0.2) is 7.05 Å². The molecule has 0 spiro atoms. The summed E-state index contributed by atoms with van der Waals surface area (Å²) < 4.78 is 13.2. The van der Waals surface area contributed by atoms with Gasteiger partial charge in [0.05, 0.1) is 0 Å². The molecule has 2 aromatic rings. The smallest absolute Gasteiger partial charge is 0.123 e. The quantitative estimate of drug-likeness (QED) is 0.849. The lowest BCUT2D eigenvalue weighted by atomic mass is 9.98. The van der Waals surface area contributed by atoms with Gasteiger partial charge in [-0.3, -0.25) is 0 Å². The van der Waals surface area contributed by atoms with Gasteiger partial charge in [0, 0.05) is 6.54 Å². The molecule has 88 valence electrons. The van der Waals surface area contributed by atoms with Gasteiger partial charge in [-0.15, -0.1) is 0 Å². The van der Waals surface area contributed by atoms with E-state index >= 15 is 0 Å². The highest BCUT2D eigenvalue weighted by molar-refractivity contribution is 5.67. The number of nitrogens with one attached hydrogen (secondary N) is 1. The molecule has 0 atom stereocenters. The van der Waals surface area contributed by atoms with Crippen LogP contribution in [0.4, 0.5) is 4.39 Å². The molecule has 0 aromatic heterocycles. The van der Waals surface area contributed by atoms with E-state index in [2.05, 4.69) is 23.5 Å². The molecule has 2 heteroatoms. The van der Waals surface area contributed by atoms with Gasteiger partial charge in [-0.1, -0.05) is 24.3 Å². The Morgan fingerprint density at radius 3 is 2.65 bits per heavy atom. The maximum atomic E-state index is 13.2. The number of benzene rings is 2. The van der Waals surface area contributed by atoms with Crippen LogP contribution in [0.25, 0.3) is 11.1 Å². The van der Waals surface area contributed by atoms with Crippen molar-refractivity contribution >= 4 is 0 Å². The summed E-state index contributed by atoms with van der Waals surface area (Å²) >= 11 is 0. The van der Waals surface area contributed by atoms with E-state index in [0.717, 1.165) is 23.2 Å². The molecule has 17 heavy (non-hydrogen) atoms. The van der Waals surface area contributed by atoms with Crippen LogP contribution in [0.5, 0.6) is 0 Å². The summed E-state index contributed by atoms with van der Waals surface area (Å²) in [5.74, 6) is -0.194. The third-order valence-electron chi connectivity index (χ3n) is 2.82. The largest absolute Gasteiger partial charge is 0.316 e. The maximum Gasteiger partial charge on any atom is 0.123 e. The Labute approximate surface area is 101 Å². The molecule has 0 aliphatic rings. The Morgan fingerprint density at radius 1 is 1.12 bits per heavy atom. The highest BCUT2D eigenvalue weighted by atomic mass is 19.1. The Bertz CT molecular complexity index is 520. The van der Waals surface area contributed by atoms with Crippen LogP contribution in [0.2, 0.25) is 0 Å². The molecule has 0 saturated carbocycles. The van der Waals surface area contributed by atoms with Crippen LogP contribution < -0.4 is 5.32 Å². The van der Waals surface area contributed by atoms with E-state index in [-0.39, 0.29) is 5.82 Å². The van der Waals surface area contributed by atoms with Crippen LogP contribution in [0.1, 0.15) is 11.1 Å². The second kappa shape index (κ2) is 5.11. The second-order valence-corrected chi connectivity index (χ2v) is 4.19. The summed E-state index contributed by atoms with van der Waals surface area (Å²) in [6, 6.07) is 13.0. The first kappa shape index (κ1) is 11.8. The van der Waals surface area contributed by atoms with Crippen molar-refractivity contribution in [3.05, 3.63) is 59.4 Å². The van der Waals surface area contributed by atoms with E-state index in [1.165, 1.54) is 11.6 Å². The van der Waals surface area contributed by atoms with Gasteiger partial charge in [0.25, 0.3) is 0 Å². The van der Waals surface area contributed by atoms with Crippen LogP contribution in [-0.2, 0) is 6.54 Å². The van der Waals surface area contributed by atoms with Crippen LogP contribution in [0.3, 0.4) is 0 Å². The first-order valence-corrected chi connectivity index (χ1v) is 5.71. The third kappa shape index (κ3) is 2.71. The predicted molar refractivity (Wildman–Crippen MR) is 69.3 cm³/mol. The molecular weight excluding hydrogens is 213 g/mol. The first-order chi connectivity index (χ1) is 8.20. The first-order valence-electron chi connectivity index (χ1n) is 5.71. The monoisotopic (exact) mass is 229 g/mol. The van der Waals surface area contributed by atoms with Crippen molar-refractivity contribution in [1.29, 1.82) is 0 Å². The van der Waals surface area contributed by atoms with Crippen molar-refractivity contribution in [1.82, 2.24) is 5.32 Å². The van der Waals surface area contributed by atoms with Gasteiger partial charge in [-0.05, 0) is 54.4 Å². The Balaban J connectivity index is 2.46. The minimum Gasteiger partial charge on any atom is -0.316 e. The minimum atomic E-state index is -0.194. The molecule has 1 N–H and O–H groups in total. The normalized spacial score (nSPS) is 10.5. The Morgan fingerprint density at radius 2 is 1.94 bits per heavy atom. The van der Waals surface area contributed by atoms with Crippen LogP contribution in [0.15, 0.2) is 42.5 Å². The van der Waals surface area contributed by atoms with Gasteiger partial charge in [0.15, 0.2) is 0 Å². The molecule has 1 nitrogen and oxygen atoms in total. The highest BCUT2D eigenvalue weighted by Crippen LogP contribution is 2.25. The highest BCUT2D eigenvalue weighted by Gasteiger charge is 2.04. The average molecular weight is 229 g/mol. The lowest BCUT2D eigenvalue weighted by Crippen LogP contribution is -2.05. The standard InChI is InChI=1S/C15H16FN/c1-11-6-7-12(10-17-2)8-15(11)13-4-3-5-14(16)9-13/h3-9,17H,10H2,1-2H3. The van der Waals surface area contributed by atoms with Crippen LogP contribution >= 0.6 is 0 Å². The van der Waals surface area contributed by atoms with Gasteiger partial charge in [-0.25, -0.2) is 4.39 Å². The molecule has 0 unspecified atom stereocenters. The van der Waals surface area contributed by atoms with Gasteiger partial charge in [0.2, 0.25) is 0 Å². The SMILES string of the molecule is CNCc1ccc(C)c(-c2cccc(F)c2)c1. The number of aryl methyl sites for hydroxylation is 1. The summed E-state index contributed by atoms with van der Waals surface area (Å²) in [7, 11) is 1.92. The summed E-state index contributed by atoms with van der Waals surface area (Å²) in [5.41, 5.74) is 4.39. The van der Waals surface area contributed by atoms with Gasteiger partial charge >= 0.3 is 0 Å². The second-order valence-electron chi connectivity index (χ2n) is 4.19. The zero-order chi connectivity index (χ0) is 12.3. The summed E-state index contributed by atoms with van der Waals surface area (Å²) in [6.45, 7) is 2.87. The predicted octanol–water partition coefficient (Wildman–Crippen LogP) is 3.52. The topological polar surface area (TPSA) is 12.0 Å². The maximum absolute atomic E-state index is 13.2. The van der Waals surface area contributed by atoms with Gasteiger partial charge in [0.1, 0.15) is 5.82 Å². The zero-order valence-electron chi connectivity index (χ0n) is 10.1. The number of hydrogen-bond donors (Lipinski definition) is 1. The molecule has 0 fully saturated rings. The molecular formula is C15H16FN. The molecule has 0 bridgehead atoms. The summed E-state index contributed by atoms with van der Waals surface area (Å²) in [5, 5.41) is 3.12. The van der Waals surface area contributed by atoms with E-state index in [0.29, 0.717) is 0 Å². The van der Waals surface area contributed by atoms with Crippen molar-refractivity contribution in [3.8, 4) is 11.1 Å². The zero-order valence-corrected chi connectivity index (χ0v) is 10.1. The van der Waals surface area contributed by atoms with Gasteiger partial charge in [-0.2, -0.15) is 0 Å². The van der Waals surface area contributed by atoms with Crippen molar-refractivity contribution in [2.45, 2.75) is 13.5 Å². The van der Waals surface area contributed by atoms with E-state index in [1.807, 2.05) is 20.0 Å². The van der Waals surface area contributed by atoms with Crippen molar-refractivity contribution in [2.75, 3.05) is 7.05 Å². The Hall–Kier alpha value is -1.67. The van der Waals surface area contributed by atoms with E-state index < -0.39 is 0 Å². The lowest BCUT2D eigenvalue weighted by Gasteiger charge is -2.09. The van der Waals surface area contributed by atoms with Crippen molar-refractivity contribution < 1.29 is 4.39 Å². The fraction of sp³-hybridized carbons (Fsp3) is 0.200. The third-order valence-corrected chi connectivity index (χ3v) is 2.82. The molecule has 0 aliphatic heterocycles. The van der Waals surface area contributed by atoms with E-state index in [9.17, 15) is 4.39 Å². The average Bonchev–Trinajstić information content (AvgIpc) is 2.32. The van der Waals surface area contributed by atoms with Crippen molar-refractivity contribution in [2.24, 2.45) is 0 Å². The fourth-order valence-electron chi connectivity index (χ4n) is 1.95. The summed E-state index contributed by atoms with van der Waals surface area (Å²) in [6.07, 6.45) is 0. The molecule has 0 heterocycles. The fourth-order valence-corrected chi connectivity index (χ4v) is 1.95. The molecule has 2 rings (SSSR count). The lowest BCUT2D eigenvalue weighted by molar-refractivity contribution is 0.628. The number of hydrogen-bond acceptors (Lipinski definition) is 1. The van der Waals surface area contributed by atoms with Crippen molar-refractivity contribution in [3.63, 3.8) is 0 Å². The minimum absolute atomic E-state index is 0.194. The van der Waals surface area contributed by atoms with E-state index in [4.69, 9.17) is 0 Å². The van der Waals surface area contributed by atoms with E-state index in [1.54, 1.807) is 12.1 Å². The molecule has 0 aliphatic carbocycles. The Kier molecular flexibility index (Phi) is 3.55. The summed E-state index contributed by atoms with van der Waals surface area (Å²) in [4.78, 5) is 0. The van der Waals surface area contributed by atoms with Gasteiger partial charge < -0.3 is 5.32 Å². The number of halogens is 1. The van der Waals surface area contributed by atoms with Crippen LogP contribution in [0, 0.1) is 12.7 Å². The number of rotatable bonds is 3. The molecule has 2 aromatic carbocycles.